The Morgan fingerprint density at radius 1 is 1.14 bits per heavy atom. The predicted octanol–water partition coefficient (Wildman–Crippen LogP) is 3.09. The summed E-state index contributed by atoms with van der Waals surface area (Å²) >= 11 is 0. The van der Waals surface area contributed by atoms with Crippen LogP contribution in [-0.2, 0) is 0 Å². The number of carbonyl (C=O) groups excluding carboxylic acids is 1. The molecule has 0 spiro atoms. The van der Waals surface area contributed by atoms with Crippen LogP contribution in [0, 0.1) is 13.8 Å². The van der Waals surface area contributed by atoms with Crippen molar-refractivity contribution in [2.24, 2.45) is 0 Å². The summed E-state index contributed by atoms with van der Waals surface area (Å²) in [6.45, 7) is 4.45. The molecule has 2 aromatic carbocycles. The number of fused-ring (bicyclic) bond motifs is 1. The second-order valence-corrected chi connectivity index (χ2v) is 7.70. The molecule has 28 heavy (non-hydrogen) atoms. The van der Waals surface area contributed by atoms with Gasteiger partial charge in [0.2, 0.25) is 0 Å². The van der Waals surface area contributed by atoms with Crippen molar-refractivity contribution in [2.45, 2.75) is 25.9 Å². The number of hydrogen-bond acceptors (Lipinski definition) is 4. The number of benzene rings is 2. The maximum absolute atomic E-state index is 12.7. The Bertz CT molecular complexity index is 1050. The molecule has 1 atom stereocenters. The van der Waals surface area contributed by atoms with Gasteiger partial charge in [-0.25, -0.2) is 0 Å². The largest absolute Gasteiger partial charge is 0.393 e. The van der Waals surface area contributed by atoms with Crippen molar-refractivity contribution >= 4 is 16.8 Å². The highest BCUT2D eigenvalue weighted by Crippen LogP contribution is 2.30. The molecule has 4 rings (SSSR count). The molecule has 0 saturated carbocycles. The zero-order valence-corrected chi connectivity index (χ0v) is 16.1. The van der Waals surface area contributed by atoms with Gasteiger partial charge in [0.1, 0.15) is 5.60 Å². The second kappa shape index (κ2) is 7.00. The summed E-state index contributed by atoms with van der Waals surface area (Å²) in [5.74, 6) is -0.123. The van der Waals surface area contributed by atoms with Crippen LogP contribution in [0.1, 0.15) is 27.9 Å². The number of carbonyl (C=O) groups is 1. The van der Waals surface area contributed by atoms with Crippen LogP contribution in [0.4, 0.5) is 0 Å². The maximum atomic E-state index is 12.7. The fourth-order valence-electron chi connectivity index (χ4n) is 3.85. The molecule has 1 amide bonds. The van der Waals surface area contributed by atoms with Crippen molar-refractivity contribution in [1.82, 2.24) is 9.88 Å². The molecule has 1 saturated heterocycles. The van der Waals surface area contributed by atoms with Gasteiger partial charge in [0.25, 0.3) is 5.91 Å². The van der Waals surface area contributed by atoms with Gasteiger partial charge in [0.05, 0.1) is 18.7 Å². The zero-order chi connectivity index (χ0) is 19.9. The third kappa shape index (κ3) is 3.17. The number of β-amino-alcohol motifs (C(OH)–C–C–N with tert-alkyl or cyclic N) is 1. The van der Waals surface area contributed by atoms with Gasteiger partial charge in [-0.2, -0.15) is 0 Å². The Hall–Kier alpha value is -2.76. The Morgan fingerprint density at radius 3 is 2.57 bits per heavy atom. The molecule has 0 bridgehead atoms. The molecule has 0 unspecified atom stereocenters. The van der Waals surface area contributed by atoms with Crippen LogP contribution in [0.5, 0.6) is 0 Å². The van der Waals surface area contributed by atoms with Crippen LogP contribution in [0.3, 0.4) is 0 Å². The molecule has 2 N–H and O–H groups in total. The molecule has 1 aliphatic rings. The number of pyridine rings is 1. The fourth-order valence-corrected chi connectivity index (χ4v) is 3.85. The highest BCUT2D eigenvalue weighted by molar-refractivity contribution is 5.98. The number of amides is 1. The van der Waals surface area contributed by atoms with E-state index in [-0.39, 0.29) is 19.1 Å². The van der Waals surface area contributed by atoms with Crippen molar-refractivity contribution in [2.75, 3.05) is 19.7 Å². The van der Waals surface area contributed by atoms with E-state index in [4.69, 9.17) is 0 Å². The molecule has 5 heteroatoms. The Labute approximate surface area is 164 Å². The van der Waals surface area contributed by atoms with E-state index in [0.29, 0.717) is 18.5 Å². The van der Waals surface area contributed by atoms with Gasteiger partial charge in [0.15, 0.2) is 0 Å². The average Bonchev–Trinajstić information content (AvgIpc) is 3.13. The molecule has 1 fully saturated rings. The van der Waals surface area contributed by atoms with Crippen LogP contribution in [0.15, 0.2) is 48.7 Å². The highest BCUT2D eigenvalue weighted by atomic mass is 16.3. The lowest BCUT2D eigenvalue weighted by Crippen LogP contribution is -2.38. The van der Waals surface area contributed by atoms with E-state index in [1.807, 2.05) is 36.5 Å². The third-order valence-corrected chi connectivity index (χ3v) is 5.79. The Morgan fingerprint density at radius 2 is 1.89 bits per heavy atom. The molecule has 0 aliphatic carbocycles. The van der Waals surface area contributed by atoms with E-state index < -0.39 is 5.60 Å². The summed E-state index contributed by atoms with van der Waals surface area (Å²) in [5.41, 5.74) is 4.91. The summed E-state index contributed by atoms with van der Waals surface area (Å²) in [7, 11) is 0. The molecule has 144 valence electrons. The monoisotopic (exact) mass is 376 g/mol. The van der Waals surface area contributed by atoms with Gasteiger partial charge in [-0.3, -0.25) is 9.78 Å². The molecular formula is C23H24N2O3. The molecule has 1 aromatic heterocycles. The minimum absolute atomic E-state index is 0.123. The topological polar surface area (TPSA) is 73.7 Å². The number of hydrogen-bond donors (Lipinski definition) is 2. The SMILES string of the molecule is Cc1ccc2c(-c3ccc(C(=O)N4CC[C@](O)(CO)C4)cc3)ccnc2c1C. The zero-order valence-electron chi connectivity index (χ0n) is 16.1. The lowest BCUT2D eigenvalue weighted by Gasteiger charge is -2.21. The first-order chi connectivity index (χ1) is 13.4. The molecule has 1 aliphatic heterocycles. The summed E-state index contributed by atoms with van der Waals surface area (Å²) in [5, 5.41) is 20.5. The van der Waals surface area contributed by atoms with Crippen LogP contribution >= 0.6 is 0 Å². The predicted molar refractivity (Wildman–Crippen MR) is 109 cm³/mol. The van der Waals surface area contributed by atoms with E-state index in [0.717, 1.165) is 22.0 Å². The van der Waals surface area contributed by atoms with Gasteiger partial charge >= 0.3 is 0 Å². The number of aromatic nitrogens is 1. The molecule has 3 aromatic rings. The van der Waals surface area contributed by atoms with E-state index in [1.165, 1.54) is 11.1 Å². The first-order valence-electron chi connectivity index (χ1n) is 9.50. The summed E-state index contributed by atoms with van der Waals surface area (Å²) in [4.78, 5) is 18.9. The lowest BCUT2D eigenvalue weighted by molar-refractivity contribution is -0.00455. The van der Waals surface area contributed by atoms with Crippen LogP contribution in [0.25, 0.3) is 22.0 Å². The number of aryl methyl sites for hydroxylation is 2. The summed E-state index contributed by atoms with van der Waals surface area (Å²) in [6, 6.07) is 13.7. The maximum Gasteiger partial charge on any atom is 0.253 e. The highest BCUT2D eigenvalue weighted by Gasteiger charge is 2.37. The van der Waals surface area contributed by atoms with Gasteiger partial charge in [-0.1, -0.05) is 24.3 Å². The van der Waals surface area contributed by atoms with Crippen molar-refractivity contribution in [1.29, 1.82) is 0 Å². The van der Waals surface area contributed by atoms with Gasteiger partial charge < -0.3 is 15.1 Å². The number of rotatable bonds is 3. The minimum atomic E-state index is -1.18. The molecular weight excluding hydrogens is 352 g/mol. The van der Waals surface area contributed by atoms with Crippen molar-refractivity contribution in [3.05, 3.63) is 65.4 Å². The summed E-state index contributed by atoms with van der Waals surface area (Å²) in [6.07, 6.45) is 2.22. The van der Waals surface area contributed by atoms with Gasteiger partial charge in [-0.05, 0) is 60.7 Å². The lowest BCUT2D eigenvalue weighted by atomic mass is 9.97. The number of aliphatic hydroxyl groups is 2. The van der Waals surface area contributed by atoms with E-state index in [2.05, 4.69) is 31.0 Å². The van der Waals surface area contributed by atoms with Gasteiger partial charge in [-0.15, -0.1) is 0 Å². The second-order valence-electron chi connectivity index (χ2n) is 7.70. The first kappa shape index (κ1) is 18.6. The van der Waals surface area contributed by atoms with Crippen molar-refractivity contribution in [3.63, 3.8) is 0 Å². The fraction of sp³-hybridized carbons (Fsp3) is 0.304. The Kier molecular flexibility index (Phi) is 4.65. The average molecular weight is 376 g/mol. The van der Waals surface area contributed by atoms with E-state index in [9.17, 15) is 15.0 Å². The molecule has 0 radical (unpaired) electrons. The molecule has 5 nitrogen and oxygen atoms in total. The molecule has 2 heterocycles. The van der Waals surface area contributed by atoms with Crippen molar-refractivity contribution in [3.8, 4) is 11.1 Å². The Balaban J connectivity index is 1.63. The minimum Gasteiger partial charge on any atom is -0.393 e. The normalized spacial score (nSPS) is 19.4. The number of nitrogens with zero attached hydrogens (tertiary/aromatic N) is 2. The van der Waals surface area contributed by atoms with Gasteiger partial charge in [0, 0.05) is 23.7 Å². The quantitative estimate of drug-likeness (QED) is 0.737. The van der Waals surface area contributed by atoms with Crippen LogP contribution < -0.4 is 0 Å². The van der Waals surface area contributed by atoms with E-state index >= 15 is 0 Å². The third-order valence-electron chi connectivity index (χ3n) is 5.79. The first-order valence-corrected chi connectivity index (χ1v) is 9.50. The number of aliphatic hydroxyl groups excluding tert-OH is 1. The smallest absolute Gasteiger partial charge is 0.253 e. The van der Waals surface area contributed by atoms with Crippen LogP contribution in [0.2, 0.25) is 0 Å². The standard InChI is InChI=1S/C23H24N2O3/c1-15-3-8-20-19(9-11-24-21(20)16(15)2)17-4-6-18(7-5-17)22(27)25-12-10-23(28,13-25)14-26/h3-9,11,26,28H,10,12-14H2,1-2H3/t23-/m1/s1. The van der Waals surface area contributed by atoms with Crippen LogP contribution in [-0.4, -0.2) is 51.3 Å². The summed E-state index contributed by atoms with van der Waals surface area (Å²) < 4.78 is 0. The number of likely N-dealkylation sites (tertiary alicyclic amines) is 1. The van der Waals surface area contributed by atoms with Crippen molar-refractivity contribution < 1.29 is 15.0 Å². The van der Waals surface area contributed by atoms with E-state index in [1.54, 1.807) is 4.90 Å².